The largest absolute Gasteiger partial charge is 0.460 e. The molecule has 3 aromatic rings. The highest BCUT2D eigenvalue weighted by molar-refractivity contribution is 5.83. The number of rotatable bonds is 2. The lowest BCUT2D eigenvalue weighted by atomic mass is 9.92. The molecule has 0 saturated carbocycles. The molecule has 0 radical (unpaired) electrons. The molecule has 0 atom stereocenters. The van der Waals surface area contributed by atoms with E-state index in [9.17, 15) is 0 Å². The summed E-state index contributed by atoms with van der Waals surface area (Å²) in [6.45, 7) is 0. The summed E-state index contributed by atoms with van der Waals surface area (Å²) in [5, 5.41) is 0. The Morgan fingerprint density at radius 1 is 0.519 bits per heavy atom. The van der Waals surface area contributed by atoms with Crippen molar-refractivity contribution in [2.24, 2.45) is 0 Å². The Labute approximate surface area is 163 Å². The third-order valence-electron chi connectivity index (χ3n) is 5.77. The van der Waals surface area contributed by atoms with Crippen molar-refractivity contribution in [1.29, 1.82) is 0 Å². The SMILES string of the molecule is c1ccc(-c2oc3c(c2-c2ccccc2)CCCCCCCCCC3)cc1. The van der Waals surface area contributed by atoms with Crippen molar-refractivity contribution in [3.8, 4) is 22.5 Å². The van der Waals surface area contributed by atoms with E-state index in [4.69, 9.17) is 4.42 Å². The van der Waals surface area contributed by atoms with E-state index < -0.39 is 0 Å². The van der Waals surface area contributed by atoms with E-state index in [1.165, 1.54) is 79.4 Å². The van der Waals surface area contributed by atoms with Gasteiger partial charge < -0.3 is 4.42 Å². The van der Waals surface area contributed by atoms with E-state index in [1.807, 2.05) is 0 Å². The van der Waals surface area contributed by atoms with Crippen LogP contribution in [-0.4, -0.2) is 0 Å². The van der Waals surface area contributed by atoms with Crippen LogP contribution in [0.1, 0.15) is 62.7 Å². The van der Waals surface area contributed by atoms with E-state index >= 15 is 0 Å². The van der Waals surface area contributed by atoms with Gasteiger partial charge in [0.25, 0.3) is 0 Å². The molecular formula is C26H30O. The second kappa shape index (κ2) is 9.08. The highest BCUT2D eigenvalue weighted by atomic mass is 16.3. The standard InChI is InChI=1S/C26H30O/c1-2-4-6-14-20-24-23(19-13-5-3-1)25(21-15-9-7-10-16-21)26(27-24)22-17-11-8-12-18-22/h7-12,15-18H,1-6,13-14,19-20H2. The van der Waals surface area contributed by atoms with Crippen molar-refractivity contribution in [3.05, 3.63) is 72.0 Å². The number of benzene rings is 2. The van der Waals surface area contributed by atoms with Gasteiger partial charge in [-0.2, -0.15) is 0 Å². The van der Waals surface area contributed by atoms with Crippen LogP contribution in [0.3, 0.4) is 0 Å². The first kappa shape index (κ1) is 18.1. The Balaban J connectivity index is 1.80. The number of fused-ring (bicyclic) bond motifs is 1. The summed E-state index contributed by atoms with van der Waals surface area (Å²) in [6, 6.07) is 21.5. The average molecular weight is 359 g/mol. The van der Waals surface area contributed by atoms with Crippen LogP contribution in [0.25, 0.3) is 22.5 Å². The van der Waals surface area contributed by atoms with Crippen LogP contribution in [0.15, 0.2) is 65.1 Å². The third-order valence-corrected chi connectivity index (χ3v) is 5.77. The summed E-state index contributed by atoms with van der Waals surface area (Å²) in [7, 11) is 0. The van der Waals surface area contributed by atoms with Crippen LogP contribution in [0.5, 0.6) is 0 Å². The molecule has 140 valence electrons. The summed E-state index contributed by atoms with van der Waals surface area (Å²) in [6.07, 6.45) is 12.9. The minimum absolute atomic E-state index is 1.06. The van der Waals surface area contributed by atoms with Gasteiger partial charge >= 0.3 is 0 Å². The lowest BCUT2D eigenvalue weighted by Crippen LogP contribution is -1.95. The van der Waals surface area contributed by atoms with Crippen LogP contribution in [-0.2, 0) is 12.8 Å². The first-order chi connectivity index (χ1) is 13.4. The van der Waals surface area contributed by atoms with Gasteiger partial charge in [0.1, 0.15) is 11.5 Å². The van der Waals surface area contributed by atoms with Crippen LogP contribution < -0.4 is 0 Å². The molecule has 0 aliphatic heterocycles. The fraction of sp³-hybridized carbons (Fsp3) is 0.385. The van der Waals surface area contributed by atoms with E-state index in [2.05, 4.69) is 60.7 Å². The van der Waals surface area contributed by atoms with Crippen LogP contribution in [0.4, 0.5) is 0 Å². The Morgan fingerprint density at radius 2 is 1.04 bits per heavy atom. The zero-order valence-electron chi connectivity index (χ0n) is 16.3. The van der Waals surface area contributed by atoms with Gasteiger partial charge in [-0.15, -0.1) is 0 Å². The minimum atomic E-state index is 1.06. The van der Waals surface area contributed by atoms with Gasteiger partial charge in [0.15, 0.2) is 0 Å². The first-order valence-corrected chi connectivity index (χ1v) is 10.7. The number of hydrogen-bond acceptors (Lipinski definition) is 1. The molecule has 2 aromatic carbocycles. The summed E-state index contributed by atoms with van der Waals surface area (Å²) in [5.74, 6) is 2.29. The predicted molar refractivity (Wildman–Crippen MR) is 114 cm³/mol. The fourth-order valence-electron chi connectivity index (χ4n) is 4.33. The van der Waals surface area contributed by atoms with Crippen molar-refractivity contribution in [2.45, 2.75) is 64.2 Å². The van der Waals surface area contributed by atoms with Crippen molar-refractivity contribution in [2.75, 3.05) is 0 Å². The molecule has 1 aliphatic carbocycles. The molecule has 0 unspecified atom stereocenters. The number of furan rings is 1. The molecule has 0 N–H and O–H groups in total. The summed E-state index contributed by atoms with van der Waals surface area (Å²) in [4.78, 5) is 0. The smallest absolute Gasteiger partial charge is 0.142 e. The predicted octanol–water partition coefficient (Wildman–Crippen LogP) is 7.83. The molecule has 1 heterocycles. The molecule has 27 heavy (non-hydrogen) atoms. The maximum Gasteiger partial charge on any atom is 0.142 e. The molecule has 1 aromatic heterocycles. The normalized spacial score (nSPS) is 16.1. The zero-order valence-corrected chi connectivity index (χ0v) is 16.3. The molecule has 0 fully saturated rings. The second-order valence-corrected chi connectivity index (χ2v) is 7.77. The summed E-state index contributed by atoms with van der Waals surface area (Å²) in [5.41, 5.74) is 5.26. The molecule has 0 bridgehead atoms. The average Bonchev–Trinajstić information content (AvgIpc) is 3.07. The van der Waals surface area contributed by atoms with Crippen LogP contribution in [0.2, 0.25) is 0 Å². The van der Waals surface area contributed by atoms with Crippen molar-refractivity contribution < 1.29 is 4.42 Å². The summed E-state index contributed by atoms with van der Waals surface area (Å²) >= 11 is 0. The van der Waals surface area contributed by atoms with Gasteiger partial charge in [0.2, 0.25) is 0 Å². The van der Waals surface area contributed by atoms with E-state index in [0.29, 0.717) is 0 Å². The van der Waals surface area contributed by atoms with E-state index in [-0.39, 0.29) is 0 Å². The molecule has 1 heteroatoms. The third kappa shape index (κ3) is 4.35. The van der Waals surface area contributed by atoms with Crippen molar-refractivity contribution in [3.63, 3.8) is 0 Å². The minimum Gasteiger partial charge on any atom is -0.460 e. The lowest BCUT2D eigenvalue weighted by molar-refractivity contribution is 0.488. The molecule has 4 rings (SSSR count). The van der Waals surface area contributed by atoms with Gasteiger partial charge in [0.05, 0.1) is 0 Å². The van der Waals surface area contributed by atoms with Crippen molar-refractivity contribution in [1.82, 2.24) is 0 Å². The van der Waals surface area contributed by atoms with Gasteiger partial charge in [-0.1, -0.05) is 99.2 Å². The lowest BCUT2D eigenvalue weighted by Gasteiger charge is -2.09. The topological polar surface area (TPSA) is 13.1 Å². The molecule has 0 saturated heterocycles. The maximum absolute atomic E-state index is 6.58. The highest BCUT2D eigenvalue weighted by Gasteiger charge is 2.22. The van der Waals surface area contributed by atoms with Crippen molar-refractivity contribution >= 4 is 0 Å². The van der Waals surface area contributed by atoms with Gasteiger partial charge in [-0.3, -0.25) is 0 Å². The van der Waals surface area contributed by atoms with Gasteiger partial charge in [0, 0.05) is 23.1 Å². The summed E-state index contributed by atoms with van der Waals surface area (Å²) < 4.78 is 6.58. The molecule has 1 nitrogen and oxygen atoms in total. The first-order valence-electron chi connectivity index (χ1n) is 10.7. The van der Waals surface area contributed by atoms with Gasteiger partial charge in [-0.05, 0) is 24.8 Å². The van der Waals surface area contributed by atoms with Gasteiger partial charge in [-0.25, -0.2) is 0 Å². The second-order valence-electron chi connectivity index (χ2n) is 7.77. The Morgan fingerprint density at radius 3 is 1.67 bits per heavy atom. The fourth-order valence-corrected chi connectivity index (χ4v) is 4.33. The maximum atomic E-state index is 6.58. The monoisotopic (exact) mass is 358 g/mol. The molecule has 0 amide bonds. The Hall–Kier alpha value is -2.28. The molecule has 0 spiro atoms. The highest BCUT2D eigenvalue weighted by Crippen LogP contribution is 2.40. The quantitative estimate of drug-likeness (QED) is 0.455. The molecule has 1 aliphatic rings. The van der Waals surface area contributed by atoms with Crippen LogP contribution >= 0.6 is 0 Å². The van der Waals surface area contributed by atoms with Crippen LogP contribution in [0, 0.1) is 0 Å². The number of aryl methyl sites for hydroxylation is 1. The van der Waals surface area contributed by atoms with E-state index in [1.54, 1.807) is 0 Å². The molecular weight excluding hydrogens is 328 g/mol. The Bertz CT molecular complexity index is 829. The zero-order chi connectivity index (χ0) is 18.3. The number of hydrogen-bond donors (Lipinski definition) is 0. The Kier molecular flexibility index (Phi) is 6.09. The van der Waals surface area contributed by atoms with E-state index in [0.717, 1.165) is 18.6 Å².